The third-order valence-corrected chi connectivity index (χ3v) is 3.68. The van der Waals surface area contributed by atoms with Crippen LogP contribution in [-0.4, -0.2) is 28.6 Å². The highest BCUT2D eigenvalue weighted by Gasteiger charge is 2.18. The Hall–Kier alpha value is -0.770. The van der Waals surface area contributed by atoms with E-state index in [1.165, 1.54) is 0 Å². The topological polar surface area (TPSA) is 40.5 Å². The van der Waals surface area contributed by atoms with Crippen molar-refractivity contribution in [2.24, 2.45) is 0 Å². The average molecular weight is 290 g/mol. The van der Waals surface area contributed by atoms with E-state index in [0.717, 1.165) is 12.0 Å². The van der Waals surface area contributed by atoms with E-state index in [0.29, 0.717) is 16.6 Å². The van der Waals surface area contributed by atoms with E-state index in [1.54, 1.807) is 18.2 Å². The van der Waals surface area contributed by atoms with E-state index in [2.05, 4.69) is 0 Å². The summed E-state index contributed by atoms with van der Waals surface area (Å²) in [6, 6.07) is 5.46. The Morgan fingerprint density at radius 1 is 1.39 bits per heavy atom. The summed E-state index contributed by atoms with van der Waals surface area (Å²) in [6.45, 7) is 4.44. The molecule has 1 aromatic carbocycles. The molecule has 1 N–H and O–H groups in total. The summed E-state index contributed by atoms with van der Waals surface area (Å²) in [6.07, 6.45) is 0.870. The molecule has 0 saturated carbocycles. The number of aliphatic carboxylic acids is 1. The van der Waals surface area contributed by atoms with Crippen molar-refractivity contribution in [3.63, 3.8) is 0 Å². The average Bonchev–Trinajstić information content (AvgIpc) is 2.31. The van der Waals surface area contributed by atoms with Gasteiger partial charge in [0.25, 0.3) is 0 Å². The maximum Gasteiger partial charge on any atom is 0.317 e. The Bertz CT molecular complexity index is 403. The summed E-state index contributed by atoms with van der Waals surface area (Å²) in [4.78, 5) is 12.7. The zero-order valence-electron chi connectivity index (χ0n) is 10.5. The molecule has 0 saturated heterocycles. The highest BCUT2D eigenvalue weighted by Crippen LogP contribution is 2.26. The molecule has 100 valence electrons. The predicted octanol–water partition coefficient (Wildman–Crippen LogP) is 3.68. The molecular weight excluding hydrogens is 273 g/mol. The Balaban J connectivity index is 2.92. The second kappa shape index (κ2) is 6.98. The van der Waals surface area contributed by atoms with Crippen molar-refractivity contribution in [3.8, 4) is 0 Å². The van der Waals surface area contributed by atoms with Crippen LogP contribution < -0.4 is 0 Å². The van der Waals surface area contributed by atoms with E-state index >= 15 is 0 Å². The van der Waals surface area contributed by atoms with Gasteiger partial charge in [-0.2, -0.15) is 0 Å². The molecule has 0 bridgehead atoms. The highest BCUT2D eigenvalue weighted by atomic mass is 35.5. The van der Waals surface area contributed by atoms with Crippen molar-refractivity contribution in [1.82, 2.24) is 4.90 Å². The third-order valence-electron chi connectivity index (χ3n) is 2.98. The second-order valence-corrected chi connectivity index (χ2v) is 5.07. The minimum atomic E-state index is -0.849. The molecule has 0 spiro atoms. The van der Waals surface area contributed by atoms with E-state index in [-0.39, 0.29) is 12.6 Å². The number of halogens is 2. The molecular formula is C13H17Cl2NO2. The number of carbonyl (C=O) groups is 1. The van der Waals surface area contributed by atoms with E-state index in [4.69, 9.17) is 28.3 Å². The summed E-state index contributed by atoms with van der Waals surface area (Å²) < 4.78 is 0. The Morgan fingerprint density at radius 2 is 1.94 bits per heavy atom. The van der Waals surface area contributed by atoms with Crippen LogP contribution in [0.4, 0.5) is 0 Å². The van der Waals surface area contributed by atoms with Crippen molar-refractivity contribution in [1.29, 1.82) is 0 Å². The molecule has 18 heavy (non-hydrogen) atoms. The normalized spacial score (nSPS) is 12.7. The van der Waals surface area contributed by atoms with Gasteiger partial charge in [0.1, 0.15) is 0 Å². The summed E-state index contributed by atoms with van der Waals surface area (Å²) in [5.74, 6) is -0.849. The van der Waals surface area contributed by atoms with Crippen molar-refractivity contribution in [2.45, 2.75) is 32.9 Å². The van der Waals surface area contributed by atoms with Gasteiger partial charge < -0.3 is 5.11 Å². The summed E-state index contributed by atoms with van der Waals surface area (Å²) in [5.41, 5.74) is 0.780. The van der Waals surface area contributed by atoms with Crippen LogP contribution in [0.15, 0.2) is 18.2 Å². The van der Waals surface area contributed by atoms with E-state index in [1.807, 2.05) is 18.7 Å². The van der Waals surface area contributed by atoms with Crippen LogP contribution in [0.25, 0.3) is 0 Å². The molecule has 0 aliphatic rings. The predicted molar refractivity (Wildman–Crippen MR) is 74.3 cm³/mol. The SMILES string of the molecule is CCC(C)N(CC(=O)O)Cc1c(Cl)cccc1Cl. The number of carboxylic acids is 1. The van der Waals surface area contributed by atoms with Gasteiger partial charge in [-0.3, -0.25) is 9.69 Å². The van der Waals surface area contributed by atoms with Gasteiger partial charge >= 0.3 is 5.97 Å². The molecule has 0 aliphatic heterocycles. The van der Waals surface area contributed by atoms with Crippen LogP contribution in [-0.2, 0) is 11.3 Å². The van der Waals surface area contributed by atoms with Crippen LogP contribution in [0.3, 0.4) is 0 Å². The first kappa shape index (κ1) is 15.3. The molecule has 0 amide bonds. The first-order valence-corrected chi connectivity index (χ1v) is 6.60. The molecule has 1 rings (SSSR count). The van der Waals surface area contributed by atoms with Gasteiger partial charge in [-0.15, -0.1) is 0 Å². The lowest BCUT2D eigenvalue weighted by Crippen LogP contribution is -2.36. The van der Waals surface area contributed by atoms with Crippen molar-refractivity contribution < 1.29 is 9.90 Å². The van der Waals surface area contributed by atoms with Crippen molar-refractivity contribution in [2.75, 3.05) is 6.54 Å². The van der Waals surface area contributed by atoms with Gasteiger partial charge in [0.15, 0.2) is 0 Å². The van der Waals surface area contributed by atoms with Crippen molar-refractivity contribution >= 4 is 29.2 Å². The zero-order valence-corrected chi connectivity index (χ0v) is 12.0. The standard InChI is InChI=1S/C13H17Cl2NO2/c1-3-9(2)16(8-13(17)18)7-10-11(14)5-4-6-12(10)15/h4-6,9H,3,7-8H2,1-2H3,(H,17,18). The Morgan fingerprint density at radius 3 is 2.39 bits per heavy atom. The first-order chi connectivity index (χ1) is 8.45. The summed E-state index contributed by atoms with van der Waals surface area (Å²) in [5, 5.41) is 10.1. The lowest BCUT2D eigenvalue weighted by molar-refractivity contribution is -0.139. The fraction of sp³-hybridized carbons (Fsp3) is 0.462. The lowest BCUT2D eigenvalue weighted by Gasteiger charge is -2.27. The van der Waals surface area contributed by atoms with Crippen molar-refractivity contribution in [3.05, 3.63) is 33.8 Å². The molecule has 0 aromatic heterocycles. The summed E-state index contributed by atoms with van der Waals surface area (Å²) in [7, 11) is 0. The Kier molecular flexibility index (Phi) is 5.93. The number of hydrogen-bond donors (Lipinski definition) is 1. The number of rotatable bonds is 6. The summed E-state index contributed by atoms with van der Waals surface area (Å²) >= 11 is 12.2. The van der Waals surface area contributed by atoms with Crippen LogP contribution in [0.1, 0.15) is 25.8 Å². The Labute approximate surface area is 117 Å². The molecule has 3 nitrogen and oxygen atoms in total. The van der Waals surface area contributed by atoms with Gasteiger partial charge in [0.05, 0.1) is 6.54 Å². The van der Waals surface area contributed by atoms with Gasteiger partial charge in [0, 0.05) is 28.2 Å². The van der Waals surface area contributed by atoms with Gasteiger partial charge in [-0.05, 0) is 25.5 Å². The maximum atomic E-state index is 10.9. The number of carboxylic acid groups (broad SMARTS) is 1. The van der Waals surface area contributed by atoms with Crippen LogP contribution in [0.5, 0.6) is 0 Å². The van der Waals surface area contributed by atoms with Crippen LogP contribution in [0.2, 0.25) is 10.0 Å². The highest BCUT2D eigenvalue weighted by molar-refractivity contribution is 6.35. The molecule has 5 heteroatoms. The van der Waals surface area contributed by atoms with Crippen LogP contribution >= 0.6 is 23.2 Å². The molecule has 0 fully saturated rings. The number of benzene rings is 1. The number of hydrogen-bond acceptors (Lipinski definition) is 2. The first-order valence-electron chi connectivity index (χ1n) is 5.84. The molecule has 1 aromatic rings. The smallest absolute Gasteiger partial charge is 0.317 e. The minimum absolute atomic E-state index is 0.0173. The minimum Gasteiger partial charge on any atom is -0.480 e. The van der Waals surface area contributed by atoms with Gasteiger partial charge in [-0.25, -0.2) is 0 Å². The maximum absolute atomic E-state index is 10.9. The molecule has 0 heterocycles. The fourth-order valence-corrected chi connectivity index (χ4v) is 2.20. The lowest BCUT2D eigenvalue weighted by atomic mass is 10.1. The second-order valence-electron chi connectivity index (χ2n) is 4.26. The van der Waals surface area contributed by atoms with Gasteiger partial charge in [-0.1, -0.05) is 36.2 Å². The molecule has 1 atom stereocenters. The largest absolute Gasteiger partial charge is 0.480 e. The monoisotopic (exact) mass is 289 g/mol. The van der Waals surface area contributed by atoms with Gasteiger partial charge in [0.2, 0.25) is 0 Å². The molecule has 0 radical (unpaired) electrons. The zero-order chi connectivity index (χ0) is 13.7. The van der Waals surface area contributed by atoms with E-state index < -0.39 is 5.97 Å². The fourth-order valence-electron chi connectivity index (χ4n) is 1.69. The molecule has 1 unspecified atom stereocenters. The van der Waals surface area contributed by atoms with E-state index in [9.17, 15) is 4.79 Å². The van der Waals surface area contributed by atoms with Crippen LogP contribution in [0, 0.1) is 0 Å². The third kappa shape index (κ3) is 4.16. The molecule has 0 aliphatic carbocycles. The number of nitrogens with zero attached hydrogens (tertiary/aromatic N) is 1. The quantitative estimate of drug-likeness (QED) is 0.868.